The molecule has 2 N–H and O–H groups in total. The number of anilines is 1. The number of para-hydroxylation sites is 1. The predicted octanol–water partition coefficient (Wildman–Crippen LogP) is 2.61. The van der Waals surface area contributed by atoms with E-state index in [4.69, 9.17) is 10.6 Å². The second-order valence-corrected chi connectivity index (χ2v) is 4.64. The highest BCUT2D eigenvalue weighted by molar-refractivity contribution is 5.87. The molecule has 0 aromatic heterocycles. The third-order valence-corrected chi connectivity index (χ3v) is 1.97. The van der Waals surface area contributed by atoms with Gasteiger partial charge in [-0.2, -0.15) is 0 Å². The molecule has 0 heterocycles. The molecule has 1 aromatic carbocycles. The van der Waals surface area contributed by atoms with Crippen molar-refractivity contribution in [2.75, 3.05) is 5.01 Å². The fourth-order valence-electron chi connectivity index (χ4n) is 1.24. The molecule has 0 aliphatic carbocycles. The topological polar surface area (TPSA) is 55.6 Å². The number of hydrazine groups is 1. The summed E-state index contributed by atoms with van der Waals surface area (Å²) < 4.78 is 5.17. The van der Waals surface area contributed by atoms with Gasteiger partial charge in [0.1, 0.15) is 5.60 Å². The lowest BCUT2D eigenvalue weighted by molar-refractivity contribution is 0.0580. The molecule has 0 spiro atoms. The van der Waals surface area contributed by atoms with Crippen LogP contribution >= 0.6 is 0 Å². The Morgan fingerprint density at radius 3 is 2.38 bits per heavy atom. The van der Waals surface area contributed by atoms with Crippen molar-refractivity contribution in [1.29, 1.82) is 0 Å². The lowest BCUT2D eigenvalue weighted by atomic mass is 10.2. The second-order valence-electron chi connectivity index (χ2n) is 4.64. The number of carbonyl (C=O) groups excluding carboxylic acids is 1. The van der Waals surface area contributed by atoms with E-state index in [1.807, 2.05) is 25.1 Å². The molecule has 0 radical (unpaired) electrons. The highest BCUT2D eigenvalue weighted by Crippen LogP contribution is 2.18. The summed E-state index contributed by atoms with van der Waals surface area (Å²) in [6, 6.07) is 7.38. The molecule has 0 unspecified atom stereocenters. The van der Waals surface area contributed by atoms with E-state index < -0.39 is 11.7 Å². The Kier molecular flexibility index (Phi) is 3.55. The zero-order valence-electron chi connectivity index (χ0n) is 10.2. The fourth-order valence-corrected chi connectivity index (χ4v) is 1.24. The van der Waals surface area contributed by atoms with Crippen molar-refractivity contribution in [3.8, 4) is 0 Å². The number of rotatable bonds is 1. The van der Waals surface area contributed by atoms with Crippen LogP contribution in [0.2, 0.25) is 0 Å². The number of amides is 1. The van der Waals surface area contributed by atoms with Gasteiger partial charge in [0, 0.05) is 0 Å². The molecular weight excluding hydrogens is 204 g/mol. The highest BCUT2D eigenvalue weighted by atomic mass is 16.6. The maximum atomic E-state index is 11.7. The monoisotopic (exact) mass is 222 g/mol. The Morgan fingerprint density at radius 1 is 1.31 bits per heavy atom. The van der Waals surface area contributed by atoms with Gasteiger partial charge in [0.15, 0.2) is 0 Å². The van der Waals surface area contributed by atoms with Crippen LogP contribution in [0.4, 0.5) is 10.5 Å². The molecular formula is C12H18N2O2. The van der Waals surface area contributed by atoms with Gasteiger partial charge in [0.2, 0.25) is 0 Å². The van der Waals surface area contributed by atoms with Crippen LogP contribution < -0.4 is 10.9 Å². The summed E-state index contributed by atoms with van der Waals surface area (Å²) in [7, 11) is 0. The Labute approximate surface area is 96.0 Å². The zero-order valence-corrected chi connectivity index (χ0v) is 10.2. The van der Waals surface area contributed by atoms with Crippen LogP contribution in [-0.2, 0) is 4.74 Å². The number of benzene rings is 1. The number of aryl methyl sites for hydroxylation is 1. The molecule has 4 heteroatoms. The van der Waals surface area contributed by atoms with Crippen molar-refractivity contribution >= 4 is 11.8 Å². The number of nitrogens with two attached hydrogens (primary N) is 1. The van der Waals surface area contributed by atoms with Gasteiger partial charge >= 0.3 is 6.09 Å². The largest absolute Gasteiger partial charge is 0.442 e. The van der Waals surface area contributed by atoms with Crippen LogP contribution in [0.25, 0.3) is 0 Å². The molecule has 0 aliphatic rings. The van der Waals surface area contributed by atoms with Gasteiger partial charge in [0.05, 0.1) is 5.69 Å². The molecule has 0 aliphatic heterocycles. The first-order valence-corrected chi connectivity index (χ1v) is 5.15. The Balaban J connectivity index is 2.83. The summed E-state index contributed by atoms with van der Waals surface area (Å²) in [4.78, 5) is 11.7. The Hall–Kier alpha value is -1.55. The van der Waals surface area contributed by atoms with Crippen LogP contribution in [0.1, 0.15) is 26.3 Å². The van der Waals surface area contributed by atoms with Crippen LogP contribution in [0.15, 0.2) is 24.3 Å². The lowest BCUT2D eigenvalue weighted by Crippen LogP contribution is -2.42. The molecule has 0 atom stereocenters. The summed E-state index contributed by atoms with van der Waals surface area (Å²) in [5.41, 5.74) is 1.03. The highest BCUT2D eigenvalue weighted by Gasteiger charge is 2.21. The number of ether oxygens (including phenoxy) is 1. The van der Waals surface area contributed by atoms with E-state index in [-0.39, 0.29) is 0 Å². The van der Waals surface area contributed by atoms with E-state index in [1.54, 1.807) is 26.8 Å². The Bertz CT molecular complexity index is 383. The van der Waals surface area contributed by atoms with Crippen molar-refractivity contribution in [1.82, 2.24) is 0 Å². The standard InChI is InChI=1S/C12H18N2O2/c1-9-7-5-6-8-10(9)14(13)11(15)16-12(2,3)4/h5-8H,13H2,1-4H3. The molecule has 88 valence electrons. The molecule has 0 saturated heterocycles. The molecule has 1 rings (SSSR count). The first-order valence-electron chi connectivity index (χ1n) is 5.15. The second kappa shape index (κ2) is 4.53. The van der Waals surface area contributed by atoms with Crippen molar-refractivity contribution < 1.29 is 9.53 Å². The SMILES string of the molecule is Cc1ccccc1N(N)C(=O)OC(C)(C)C. The van der Waals surface area contributed by atoms with Gasteiger partial charge in [-0.25, -0.2) is 15.6 Å². The minimum absolute atomic E-state index is 0.544. The van der Waals surface area contributed by atoms with Gasteiger partial charge < -0.3 is 4.74 Å². The van der Waals surface area contributed by atoms with E-state index in [9.17, 15) is 4.79 Å². The third-order valence-electron chi connectivity index (χ3n) is 1.97. The van der Waals surface area contributed by atoms with E-state index >= 15 is 0 Å². The average Bonchev–Trinajstić information content (AvgIpc) is 2.15. The number of hydrogen-bond donors (Lipinski definition) is 1. The van der Waals surface area contributed by atoms with Gasteiger partial charge in [-0.15, -0.1) is 0 Å². The van der Waals surface area contributed by atoms with E-state index in [0.29, 0.717) is 5.69 Å². The molecule has 1 amide bonds. The number of hydrogen-bond acceptors (Lipinski definition) is 3. The maximum Gasteiger partial charge on any atom is 0.429 e. The summed E-state index contributed by atoms with van der Waals surface area (Å²) in [6.07, 6.45) is -0.554. The summed E-state index contributed by atoms with van der Waals surface area (Å²) >= 11 is 0. The first-order chi connectivity index (χ1) is 7.31. The van der Waals surface area contributed by atoms with Crippen LogP contribution in [-0.4, -0.2) is 11.7 Å². The molecule has 16 heavy (non-hydrogen) atoms. The van der Waals surface area contributed by atoms with Gasteiger partial charge in [-0.05, 0) is 39.3 Å². The molecule has 0 bridgehead atoms. The van der Waals surface area contributed by atoms with Gasteiger partial charge in [-0.1, -0.05) is 18.2 Å². The minimum Gasteiger partial charge on any atom is -0.442 e. The molecule has 1 aromatic rings. The summed E-state index contributed by atoms with van der Waals surface area (Å²) in [5.74, 6) is 5.71. The maximum absolute atomic E-state index is 11.7. The predicted molar refractivity (Wildman–Crippen MR) is 64.1 cm³/mol. The van der Waals surface area contributed by atoms with E-state index in [2.05, 4.69) is 0 Å². The quantitative estimate of drug-likeness (QED) is 0.451. The smallest absolute Gasteiger partial charge is 0.429 e. The molecule has 0 saturated carbocycles. The van der Waals surface area contributed by atoms with Crippen LogP contribution in [0.3, 0.4) is 0 Å². The van der Waals surface area contributed by atoms with Crippen LogP contribution in [0, 0.1) is 6.92 Å². The minimum atomic E-state index is -0.554. The van der Waals surface area contributed by atoms with E-state index in [1.165, 1.54) is 0 Å². The van der Waals surface area contributed by atoms with Gasteiger partial charge in [0.25, 0.3) is 0 Å². The average molecular weight is 222 g/mol. The molecule has 0 fully saturated rings. The van der Waals surface area contributed by atoms with E-state index in [0.717, 1.165) is 10.6 Å². The first kappa shape index (κ1) is 12.5. The van der Waals surface area contributed by atoms with Crippen molar-refractivity contribution in [2.24, 2.45) is 5.84 Å². The number of carbonyl (C=O) groups is 1. The zero-order chi connectivity index (χ0) is 12.3. The molecule has 4 nitrogen and oxygen atoms in total. The Morgan fingerprint density at radius 2 is 1.88 bits per heavy atom. The van der Waals surface area contributed by atoms with Crippen LogP contribution in [0.5, 0.6) is 0 Å². The number of nitrogens with zero attached hydrogens (tertiary/aromatic N) is 1. The van der Waals surface area contributed by atoms with Gasteiger partial charge in [-0.3, -0.25) is 0 Å². The summed E-state index contributed by atoms with van der Waals surface area (Å²) in [5, 5.41) is 1.03. The third kappa shape index (κ3) is 3.24. The lowest BCUT2D eigenvalue weighted by Gasteiger charge is -2.24. The fraction of sp³-hybridized carbons (Fsp3) is 0.417. The van der Waals surface area contributed by atoms with Crippen molar-refractivity contribution in [2.45, 2.75) is 33.3 Å². The van der Waals surface area contributed by atoms with Crippen molar-refractivity contribution in [3.05, 3.63) is 29.8 Å². The summed E-state index contributed by atoms with van der Waals surface area (Å²) in [6.45, 7) is 7.29. The normalized spacial score (nSPS) is 11.1. The van der Waals surface area contributed by atoms with Crippen molar-refractivity contribution in [3.63, 3.8) is 0 Å².